The Labute approximate surface area is 143 Å². The molecule has 0 aromatic heterocycles. The Bertz CT molecular complexity index is 533. The summed E-state index contributed by atoms with van der Waals surface area (Å²) in [6.07, 6.45) is 12.4. The van der Waals surface area contributed by atoms with Gasteiger partial charge in [0, 0.05) is 6.04 Å². The molecule has 5 heteroatoms. The van der Waals surface area contributed by atoms with Crippen molar-refractivity contribution in [2.24, 2.45) is 0 Å². The number of para-hydroxylation sites is 1. The zero-order valence-electron chi connectivity index (χ0n) is 14.2. The lowest BCUT2D eigenvalue weighted by Gasteiger charge is -2.19. The number of phenols is 1. The number of rotatable bonds is 4. The third kappa shape index (κ3) is 5.55. The molecule has 2 rings (SSSR count). The molecule has 1 saturated carbocycles. The molecule has 1 aliphatic rings. The molecule has 1 aliphatic carbocycles. The Kier molecular flexibility index (Phi) is 7.59. The molecule has 3 N–H and O–H groups in total. The maximum atomic E-state index is 12.5. The van der Waals surface area contributed by atoms with E-state index in [0.29, 0.717) is 6.41 Å². The second-order valence-corrected chi connectivity index (χ2v) is 6.54. The summed E-state index contributed by atoms with van der Waals surface area (Å²) in [5.41, 5.74) is 0.455. The minimum Gasteiger partial charge on any atom is -0.505 e. The van der Waals surface area contributed by atoms with E-state index in [1.165, 1.54) is 38.5 Å². The number of anilines is 1. The molecule has 0 heterocycles. The number of amides is 2. The van der Waals surface area contributed by atoms with Crippen molar-refractivity contribution in [2.75, 3.05) is 5.32 Å². The van der Waals surface area contributed by atoms with Gasteiger partial charge in [0.1, 0.15) is 0 Å². The molecule has 2 amide bonds. The highest BCUT2D eigenvalue weighted by atomic mass is 16.3. The van der Waals surface area contributed by atoms with Gasteiger partial charge in [-0.25, -0.2) is 0 Å². The molecular weight excluding hydrogens is 304 g/mol. The van der Waals surface area contributed by atoms with Crippen LogP contribution in [0.25, 0.3) is 0 Å². The number of carbonyl (C=O) groups is 2. The lowest BCUT2D eigenvalue weighted by atomic mass is 10.0. The van der Waals surface area contributed by atoms with Gasteiger partial charge >= 0.3 is 0 Å². The van der Waals surface area contributed by atoms with Crippen LogP contribution in [0.1, 0.15) is 74.6 Å². The average Bonchev–Trinajstić information content (AvgIpc) is 2.63. The average molecular weight is 332 g/mol. The van der Waals surface area contributed by atoms with Gasteiger partial charge in [-0.05, 0) is 25.0 Å². The van der Waals surface area contributed by atoms with Crippen molar-refractivity contribution < 1.29 is 14.7 Å². The number of phenolic OH excluding ortho intramolecular Hbond substituents is 1. The summed E-state index contributed by atoms with van der Waals surface area (Å²) in [6.45, 7) is 0. The molecule has 0 bridgehead atoms. The predicted octanol–water partition coefficient (Wildman–Crippen LogP) is 3.97. The van der Waals surface area contributed by atoms with Crippen molar-refractivity contribution in [3.63, 3.8) is 0 Å². The monoisotopic (exact) mass is 332 g/mol. The summed E-state index contributed by atoms with van der Waals surface area (Å²) in [4.78, 5) is 23.1. The molecule has 24 heavy (non-hydrogen) atoms. The van der Waals surface area contributed by atoms with Gasteiger partial charge in [-0.2, -0.15) is 0 Å². The predicted molar refractivity (Wildman–Crippen MR) is 95.2 cm³/mol. The first-order valence-corrected chi connectivity index (χ1v) is 9.05. The molecule has 1 aromatic carbocycles. The maximum Gasteiger partial charge on any atom is 0.255 e. The fourth-order valence-electron chi connectivity index (χ4n) is 3.30. The van der Waals surface area contributed by atoms with E-state index in [1.54, 1.807) is 18.2 Å². The van der Waals surface area contributed by atoms with Gasteiger partial charge < -0.3 is 15.7 Å². The molecule has 0 atom stereocenters. The summed E-state index contributed by atoms with van der Waals surface area (Å²) >= 11 is 0. The maximum absolute atomic E-state index is 12.5. The van der Waals surface area contributed by atoms with Crippen LogP contribution in [0, 0.1) is 0 Å². The number of aromatic hydroxyl groups is 1. The second-order valence-electron chi connectivity index (χ2n) is 6.54. The standard InChI is InChI=1S/C19H28N2O3/c22-14-20-17-13-9-12-16(18(17)23)19(24)21-15-10-7-5-3-1-2-4-6-8-11-15/h9,12-15,23H,1-8,10-11H2,(H,20,22)(H,21,24). The number of benzene rings is 1. The van der Waals surface area contributed by atoms with E-state index < -0.39 is 0 Å². The lowest BCUT2D eigenvalue weighted by Crippen LogP contribution is -2.35. The molecule has 5 nitrogen and oxygen atoms in total. The number of hydrogen-bond donors (Lipinski definition) is 3. The number of hydrogen-bond acceptors (Lipinski definition) is 3. The van der Waals surface area contributed by atoms with Crippen LogP contribution in [-0.2, 0) is 4.79 Å². The molecule has 0 saturated heterocycles. The number of nitrogens with one attached hydrogen (secondary N) is 2. The Morgan fingerprint density at radius 3 is 2.17 bits per heavy atom. The molecule has 132 valence electrons. The van der Waals surface area contributed by atoms with Gasteiger partial charge in [-0.15, -0.1) is 0 Å². The van der Waals surface area contributed by atoms with E-state index in [0.717, 1.165) is 25.7 Å². The van der Waals surface area contributed by atoms with E-state index >= 15 is 0 Å². The zero-order chi connectivity index (χ0) is 17.2. The van der Waals surface area contributed by atoms with Crippen molar-refractivity contribution in [2.45, 2.75) is 70.3 Å². The van der Waals surface area contributed by atoms with Crippen LogP contribution in [0.5, 0.6) is 5.75 Å². The van der Waals surface area contributed by atoms with Crippen LogP contribution in [0.3, 0.4) is 0 Å². The fraction of sp³-hybridized carbons (Fsp3) is 0.579. The first kappa shape index (κ1) is 18.3. The third-order valence-electron chi connectivity index (χ3n) is 4.69. The summed E-state index contributed by atoms with van der Waals surface area (Å²) in [5.74, 6) is -0.458. The van der Waals surface area contributed by atoms with Crippen LogP contribution in [-0.4, -0.2) is 23.5 Å². The first-order valence-electron chi connectivity index (χ1n) is 9.05. The summed E-state index contributed by atoms with van der Waals surface area (Å²) < 4.78 is 0. The zero-order valence-corrected chi connectivity index (χ0v) is 14.2. The van der Waals surface area contributed by atoms with Gasteiger partial charge in [0.25, 0.3) is 5.91 Å². The van der Waals surface area contributed by atoms with E-state index in [1.807, 2.05) is 0 Å². The van der Waals surface area contributed by atoms with Gasteiger partial charge in [0.15, 0.2) is 5.75 Å². The first-order chi connectivity index (χ1) is 11.7. The quantitative estimate of drug-likeness (QED) is 0.576. The summed E-state index contributed by atoms with van der Waals surface area (Å²) in [7, 11) is 0. The Balaban J connectivity index is 2.00. The van der Waals surface area contributed by atoms with E-state index in [-0.39, 0.29) is 28.9 Å². The van der Waals surface area contributed by atoms with Crippen LogP contribution >= 0.6 is 0 Å². The van der Waals surface area contributed by atoms with Crippen molar-refractivity contribution >= 4 is 18.0 Å². The molecule has 0 unspecified atom stereocenters. The highest BCUT2D eigenvalue weighted by Gasteiger charge is 2.18. The van der Waals surface area contributed by atoms with E-state index in [2.05, 4.69) is 10.6 Å². The van der Waals surface area contributed by atoms with Crippen LogP contribution in [0.15, 0.2) is 18.2 Å². The van der Waals surface area contributed by atoms with Crippen LogP contribution < -0.4 is 10.6 Å². The molecule has 0 spiro atoms. The minimum atomic E-state index is -0.276. The Morgan fingerprint density at radius 2 is 1.58 bits per heavy atom. The number of carbonyl (C=O) groups excluding carboxylic acids is 2. The van der Waals surface area contributed by atoms with Crippen LogP contribution in [0.2, 0.25) is 0 Å². The minimum absolute atomic E-state index is 0.151. The topological polar surface area (TPSA) is 78.4 Å². The van der Waals surface area contributed by atoms with Crippen molar-refractivity contribution in [1.82, 2.24) is 5.32 Å². The largest absolute Gasteiger partial charge is 0.505 e. The van der Waals surface area contributed by atoms with E-state index in [4.69, 9.17) is 0 Å². The summed E-state index contributed by atoms with van der Waals surface area (Å²) in [6, 6.07) is 4.94. The normalized spacial score (nSPS) is 17.5. The SMILES string of the molecule is O=CNc1cccc(C(=O)NC2CCCCCCCCCC2)c1O. The third-order valence-corrected chi connectivity index (χ3v) is 4.69. The van der Waals surface area contributed by atoms with Crippen LogP contribution in [0.4, 0.5) is 5.69 Å². The van der Waals surface area contributed by atoms with Crippen molar-refractivity contribution in [3.8, 4) is 5.75 Å². The lowest BCUT2D eigenvalue weighted by molar-refractivity contribution is -0.105. The van der Waals surface area contributed by atoms with Gasteiger partial charge in [0.05, 0.1) is 11.3 Å². The molecular formula is C19H28N2O3. The molecule has 1 aromatic rings. The highest BCUT2D eigenvalue weighted by Crippen LogP contribution is 2.27. The highest BCUT2D eigenvalue weighted by molar-refractivity contribution is 5.99. The Morgan fingerprint density at radius 1 is 1.00 bits per heavy atom. The van der Waals surface area contributed by atoms with Gasteiger partial charge in [-0.1, -0.05) is 57.4 Å². The van der Waals surface area contributed by atoms with Gasteiger partial charge in [-0.3, -0.25) is 9.59 Å². The van der Waals surface area contributed by atoms with E-state index in [9.17, 15) is 14.7 Å². The fourth-order valence-corrected chi connectivity index (χ4v) is 3.30. The molecule has 0 radical (unpaired) electrons. The second kappa shape index (κ2) is 9.96. The molecule has 0 aliphatic heterocycles. The van der Waals surface area contributed by atoms with Crippen molar-refractivity contribution in [1.29, 1.82) is 0 Å². The van der Waals surface area contributed by atoms with Crippen molar-refractivity contribution in [3.05, 3.63) is 23.8 Å². The summed E-state index contributed by atoms with van der Waals surface area (Å²) in [5, 5.41) is 15.6. The smallest absolute Gasteiger partial charge is 0.255 e. The van der Waals surface area contributed by atoms with Gasteiger partial charge in [0.2, 0.25) is 6.41 Å². The Hall–Kier alpha value is -2.04. The molecule has 1 fully saturated rings.